The number of rotatable bonds is 4. The molecular formula is C21H24F4N4O2. The van der Waals surface area contributed by atoms with E-state index in [2.05, 4.69) is 15.2 Å². The molecule has 168 valence electrons. The normalized spacial score (nSPS) is 25.2. The zero-order chi connectivity index (χ0) is 22.6. The smallest absolute Gasteiger partial charge is 0.373 e. The van der Waals surface area contributed by atoms with Gasteiger partial charge in [0.25, 0.3) is 5.91 Å². The molecule has 4 rings (SSSR count). The number of piperidine rings is 1. The molecule has 0 bridgehead atoms. The van der Waals surface area contributed by atoms with Gasteiger partial charge in [0.1, 0.15) is 11.6 Å². The number of alkyl halides is 3. The van der Waals surface area contributed by atoms with Gasteiger partial charge in [0.2, 0.25) is 5.60 Å². The molecule has 1 aliphatic heterocycles. The molecule has 0 spiro atoms. The summed E-state index contributed by atoms with van der Waals surface area (Å²) >= 11 is 0. The Morgan fingerprint density at radius 3 is 2.42 bits per heavy atom. The molecule has 2 N–H and O–H groups in total. The Morgan fingerprint density at radius 1 is 1.23 bits per heavy atom. The first-order valence-electron chi connectivity index (χ1n) is 10.2. The van der Waals surface area contributed by atoms with Gasteiger partial charge in [-0.15, -0.1) is 10.2 Å². The third-order valence-corrected chi connectivity index (χ3v) is 6.74. The van der Waals surface area contributed by atoms with Crippen molar-refractivity contribution in [2.75, 3.05) is 13.1 Å². The van der Waals surface area contributed by atoms with E-state index < -0.39 is 17.7 Å². The van der Waals surface area contributed by atoms with Crippen molar-refractivity contribution in [3.8, 4) is 11.4 Å². The number of halogens is 4. The van der Waals surface area contributed by atoms with Crippen molar-refractivity contribution >= 4 is 5.91 Å². The topological polar surface area (TPSA) is 82.1 Å². The molecule has 2 heterocycles. The van der Waals surface area contributed by atoms with Gasteiger partial charge in [0.05, 0.1) is 0 Å². The Morgan fingerprint density at radius 2 is 1.87 bits per heavy atom. The maximum absolute atomic E-state index is 13.2. The lowest BCUT2D eigenvalue weighted by atomic mass is 9.74. The molecule has 1 aliphatic carbocycles. The lowest BCUT2D eigenvalue weighted by Gasteiger charge is -2.42. The van der Waals surface area contributed by atoms with Crippen LogP contribution in [0.1, 0.15) is 38.9 Å². The second kappa shape index (κ2) is 7.29. The van der Waals surface area contributed by atoms with Gasteiger partial charge in [-0.05, 0) is 62.3 Å². The average molecular weight is 440 g/mol. The molecule has 3 atom stereocenters. The van der Waals surface area contributed by atoms with E-state index in [1.807, 2.05) is 6.92 Å². The minimum absolute atomic E-state index is 0.0800. The van der Waals surface area contributed by atoms with Crippen LogP contribution in [0.25, 0.3) is 11.4 Å². The number of aromatic nitrogens is 3. The Balaban J connectivity index is 1.49. The van der Waals surface area contributed by atoms with Crippen LogP contribution in [0.15, 0.2) is 24.3 Å². The first-order valence-corrected chi connectivity index (χ1v) is 10.2. The van der Waals surface area contributed by atoms with E-state index in [9.17, 15) is 27.5 Å². The minimum Gasteiger partial charge on any atom is -0.373 e. The molecule has 0 radical (unpaired) electrons. The fourth-order valence-electron chi connectivity index (χ4n) is 4.72. The van der Waals surface area contributed by atoms with Gasteiger partial charge >= 0.3 is 6.18 Å². The highest BCUT2D eigenvalue weighted by molar-refractivity contribution is 5.85. The van der Waals surface area contributed by atoms with Crippen molar-refractivity contribution in [2.45, 2.75) is 50.3 Å². The van der Waals surface area contributed by atoms with E-state index in [-0.39, 0.29) is 36.2 Å². The molecule has 31 heavy (non-hydrogen) atoms. The highest BCUT2D eigenvalue weighted by Gasteiger charge is 2.59. The first-order chi connectivity index (χ1) is 14.5. The molecule has 1 saturated carbocycles. The third-order valence-electron chi connectivity index (χ3n) is 6.74. The zero-order valence-electron chi connectivity index (χ0n) is 17.2. The van der Waals surface area contributed by atoms with Crippen LogP contribution in [0.2, 0.25) is 0 Å². The summed E-state index contributed by atoms with van der Waals surface area (Å²) in [6, 6.07) is 5.90. The number of nitrogens with zero attached hydrogens (tertiary/aromatic N) is 3. The third kappa shape index (κ3) is 3.71. The van der Waals surface area contributed by atoms with E-state index in [1.165, 1.54) is 12.1 Å². The molecule has 1 amide bonds. The monoisotopic (exact) mass is 440 g/mol. The van der Waals surface area contributed by atoms with Crippen LogP contribution in [0.4, 0.5) is 17.6 Å². The van der Waals surface area contributed by atoms with Crippen molar-refractivity contribution in [3.63, 3.8) is 0 Å². The summed E-state index contributed by atoms with van der Waals surface area (Å²) < 4.78 is 52.3. The standard InChI is InChI=1S/C21H24F4N4O2/c1-12-11-29(18(30)19(2,31)21(23,24)25)10-7-15(12)20(8-9-20)17-26-16(27-28-17)13-3-5-14(22)6-4-13/h3-6,12,15,31H,7-11H2,1-2H3,(H,26,27,28). The summed E-state index contributed by atoms with van der Waals surface area (Å²) in [5.41, 5.74) is -2.95. The molecular weight excluding hydrogens is 416 g/mol. The fourth-order valence-corrected chi connectivity index (χ4v) is 4.72. The van der Waals surface area contributed by atoms with Crippen LogP contribution in [-0.4, -0.2) is 56.0 Å². The zero-order valence-corrected chi connectivity index (χ0v) is 17.2. The van der Waals surface area contributed by atoms with Gasteiger partial charge in [0, 0.05) is 24.1 Å². The molecule has 1 saturated heterocycles. The number of hydrogen-bond donors (Lipinski definition) is 2. The molecule has 6 nitrogen and oxygen atoms in total. The fraction of sp³-hybridized carbons (Fsp3) is 0.571. The lowest BCUT2D eigenvalue weighted by molar-refractivity contribution is -0.251. The van der Waals surface area contributed by atoms with Gasteiger partial charge in [-0.2, -0.15) is 13.2 Å². The molecule has 1 aromatic carbocycles. The maximum atomic E-state index is 13.2. The van der Waals surface area contributed by atoms with Crippen molar-refractivity contribution in [2.24, 2.45) is 11.8 Å². The maximum Gasteiger partial charge on any atom is 0.426 e. The Bertz CT molecular complexity index is 967. The van der Waals surface area contributed by atoms with Crippen LogP contribution >= 0.6 is 0 Å². The number of H-pyrrole nitrogens is 1. The van der Waals surface area contributed by atoms with Gasteiger partial charge < -0.3 is 15.0 Å². The Kier molecular flexibility index (Phi) is 5.11. The van der Waals surface area contributed by atoms with E-state index >= 15 is 0 Å². The SMILES string of the molecule is CC1CN(C(=O)C(C)(O)C(F)(F)F)CCC1C1(c2nnc(-c3ccc(F)cc3)[nH]2)CC1. The summed E-state index contributed by atoms with van der Waals surface area (Å²) in [6.45, 7) is 2.68. The Hall–Kier alpha value is -2.49. The van der Waals surface area contributed by atoms with Gasteiger partial charge in [0.15, 0.2) is 5.82 Å². The quantitative estimate of drug-likeness (QED) is 0.714. The van der Waals surface area contributed by atoms with E-state index in [1.54, 1.807) is 12.1 Å². The number of likely N-dealkylation sites (tertiary alicyclic amines) is 1. The molecule has 10 heteroatoms. The number of benzene rings is 1. The van der Waals surface area contributed by atoms with Crippen LogP contribution in [0, 0.1) is 17.7 Å². The van der Waals surface area contributed by atoms with Crippen LogP contribution in [0.5, 0.6) is 0 Å². The predicted molar refractivity (Wildman–Crippen MR) is 103 cm³/mol. The number of aliphatic hydroxyl groups is 1. The second-order valence-corrected chi connectivity index (χ2v) is 8.88. The number of carbonyl (C=O) groups excluding carboxylic acids is 1. The van der Waals surface area contributed by atoms with Gasteiger partial charge in [-0.1, -0.05) is 6.92 Å². The summed E-state index contributed by atoms with van der Waals surface area (Å²) in [7, 11) is 0. The molecule has 2 aliphatic rings. The minimum atomic E-state index is -5.03. The number of amides is 1. The summed E-state index contributed by atoms with van der Waals surface area (Å²) in [4.78, 5) is 16.7. The Labute approximate surface area is 176 Å². The molecule has 1 aromatic heterocycles. The van der Waals surface area contributed by atoms with Crippen LogP contribution in [0.3, 0.4) is 0 Å². The van der Waals surface area contributed by atoms with Crippen molar-refractivity contribution in [1.29, 1.82) is 0 Å². The second-order valence-electron chi connectivity index (χ2n) is 8.88. The molecule has 3 unspecified atom stereocenters. The highest BCUT2D eigenvalue weighted by atomic mass is 19.4. The van der Waals surface area contributed by atoms with E-state index in [0.717, 1.165) is 17.7 Å². The molecule has 2 fully saturated rings. The van der Waals surface area contributed by atoms with Gasteiger partial charge in [-0.3, -0.25) is 4.79 Å². The highest BCUT2D eigenvalue weighted by Crippen LogP contribution is 2.57. The van der Waals surface area contributed by atoms with Crippen molar-refractivity contribution in [3.05, 3.63) is 35.9 Å². The van der Waals surface area contributed by atoms with Gasteiger partial charge in [-0.25, -0.2) is 4.39 Å². The average Bonchev–Trinajstić information content (AvgIpc) is 3.35. The summed E-state index contributed by atoms with van der Waals surface area (Å²) in [5.74, 6) is -0.381. The largest absolute Gasteiger partial charge is 0.426 e. The van der Waals surface area contributed by atoms with E-state index in [0.29, 0.717) is 30.6 Å². The molecule has 2 aromatic rings. The number of aromatic amines is 1. The number of carbonyl (C=O) groups is 1. The van der Waals surface area contributed by atoms with Crippen molar-refractivity contribution < 1.29 is 27.5 Å². The van der Waals surface area contributed by atoms with E-state index in [4.69, 9.17) is 0 Å². The summed E-state index contributed by atoms with van der Waals surface area (Å²) in [6.07, 6.45) is -2.78. The number of hydrogen-bond acceptors (Lipinski definition) is 4. The van der Waals surface area contributed by atoms with Crippen LogP contribution < -0.4 is 0 Å². The lowest BCUT2D eigenvalue weighted by Crippen LogP contribution is -2.59. The van der Waals surface area contributed by atoms with Crippen molar-refractivity contribution in [1.82, 2.24) is 20.1 Å². The number of nitrogens with one attached hydrogen (secondary N) is 1. The first kappa shape index (κ1) is 21.7. The summed E-state index contributed by atoms with van der Waals surface area (Å²) in [5, 5.41) is 18.2. The predicted octanol–water partition coefficient (Wildman–Crippen LogP) is 3.44. The van der Waals surface area contributed by atoms with Crippen LogP contribution in [-0.2, 0) is 10.2 Å².